The monoisotopic (exact) mass is 246 g/mol. The Morgan fingerprint density at radius 1 is 1.22 bits per heavy atom. The Morgan fingerprint density at radius 2 is 1.89 bits per heavy atom. The van der Waals surface area contributed by atoms with Gasteiger partial charge in [-0.3, -0.25) is 0 Å². The number of piperidine rings is 1. The van der Waals surface area contributed by atoms with Crippen LogP contribution in [0.15, 0.2) is 24.3 Å². The Bertz CT molecular complexity index is 369. The molecule has 2 atom stereocenters. The summed E-state index contributed by atoms with van der Waals surface area (Å²) in [5, 5.41) is 0. The SMILES string of the molecule is CCN1CC(N)CC(c2ccc(C(C)C)cc2)C1. The van der Waals surface area contributed by atoms with E-state index >= 15 is 0 Å². The first-order valence-electron chi connectivity index (χ1n) is 7.18. The lowest BCUT2D eigenvalue weighted by molar-refractivity contribution is 0.197. The smallest absolute Gasteiger partial charge is 0.0174 e. The summed E-state index contributed by atoms with van der Waals surface area (Å²) in [5.41, 5.74) is 9.04. The molecule has 1 saturated heterocycles. The summed E-state index contributed by atoms with van der Waals surface area (Å²) in [4.78, 5) is 2.47. The number of hydrogen-bond donors (Lipinski definition) is 1. The van der Waals surface area contributed by atoms with Gasteiger partial charge in [0.05, 0.1) is 0 Å². The van der Waals surface area contributed by atoms with E-state index in [4.69, 9.17) is 5.73 Å². The number of rotatable bonds is 3. The molecule has 1 aliphatic heterocycles. The number of nitrogens with zero attached hydrogens (tertiary/aromatic N) is 1. The quantitative estimate of drug-likeness (QED) is 0.888. The predicted octanol–water partition coefficient (Wildman–Crippen LogP) is 2.95. The Hall–Kier alpha value is -0.860. The fourth-order valence-corrected chi connectivity index (χ4v) is 2.89. The van der Waals surface area contributed by atoms with Crippen LogP contribution in [0.25, 0.3) is 0 Å². The van der Waals surface area contributed by atoms with Crippen molar-refractivity contribution in [2.45, 2.75) is 45.1 Å². The molecule has 0 aromatic heterocycles. The molecule has 0 aliphatic carbocycles. The summed E-state index contributed by atoms with van der Waals surface area (Å²) >= 11 is 0. The summed E-state index contributed by atoms with van der Waals surface area (Å²) in [6.07, 6.45) is 1.12. The molecule has 1 aromatic rings. The van der Waals surface area contributed by atoms with Gasteiger partial charge in [0.1, 0.15) is 0 Å². The topological polar surface area (TPSA) is 29.3 Å². The van der Waals surface area contributed by atoms with Gasteiger partial charge in [0.2, 0.25) is 0 Å². The lowest BCUT2D eigenvalue weighted by Gasteiger charge is -2.36. The molecule has 100 valence electrons. The van der Waals surface area contributed by atoms with Crippen molar-refractivity contribution in [1.29, 1.82) is 0 Å². The summed E-state index contributed by atoms with van der Waals surface area (Å²) < 4.78 is 0. The van der Waals surface area contributed by atoms with Crippen LogP contribution >= 0.6 is 0 Å². The van der Waals surface area contributed by atoms with Crippen molar-refractivity contribution in [3.8, 4) is 0 Å². The zero-order valence-corrected chi connectivity index (χ0v) is 11.9. The molecule has 0 bridgehead atoms. The minimum atomic E-state index is 0.327. The summed E-state index contributed by atoms with van der Waals surface area (Å²) in [6.45, 7) is 10.0. The van der Waals surface area contributed by atoms with Crippen molar-refractivity contribution in [1.82, 2.24) is 4.90 Å². The van der Waals surface area contributed by atoms with Crippen molar-refractivity contribution in [2.24, 2.45) is 5.73 Å². The third-order valence-corrected chi connectivity index (χ3v) is 4.08. The Morgan fingerprint density at radius 3 is 2.44 bits per heavy atom. The molecule has 18 heavy (non-hydrogen) atoms. The molecule has 1 heterocycles. The summed E-state index contributed by atoms with van der Waals surface area (Å²) in [5.74, 6) is 1.22. The second-order valence-corrected chi connectivity index (χ2v) is 5.87. The highest BCUT2D eigenvalue weighted by Crippen LogP contribution is 2.27. The molecular weight excluding hydrogens is 220 g/mol. The molecular formula is C16H26N2. The Balaban J connectivity index is 2.10. The van der Waals surface area contributed by atoms with E-state index in [1.807, 2.05) is 0 Å². The first kappa shape index (κ1) is 13.6. The molecule has 2 heteroatoms. The van der Waals surface area contributed by atoms with Crippen LogP contribution in [-0.2, 0) is 0 Å². The maximum absolute atomic E-state index is 6.16. The van der Waals surface area contributed by atoms with Crippen molar-refractivity contribution >= 4 is 0 Å². The van der Waals surface area contributed by atoms with Gasteiger partial charge < -0.3 is 10.6 Å². The van der Waals surface area contributed by atoms with Gasteiger partial charge in [-0.25, -0.2) is 0 Å². The van der Waals surface area contributed by atoms with Crippen molar-refractivity contribution < 1.29 is 0 Å². The van der Waals surface area contributed by atoms with E-state index in [-0.39, 0.29) is 0 Å². The van der Waals surface area contributed by atoms with Crippen LogP contribution in [0.1, 0.15) is 50.2 Å². The van der Waals surface area contributed by atoms with Gasteiger partial charge in [0.25, 0.3) is 0 Å². The number of hydrogen-bond acceptors (Lipinski definition) is 2. The van der Waals surface area contributed by atoms with Crippen LogP contribution < -0.4 is 5.73 Å². The molecule has 1 aromatic carbocycles. The van der Waals surface area contributed by atoms with E-state index in [1.54, 1.807) is 0 Å². The average molecular weight is 246 g/mol. The Kier molecular flexibility index (Phi) is 4.41. The van der Waals surface area contributed by atoms with Crippen molar-refractivity contribution in [3.63, 3.8) is 0 Å². The normalized spacial score (nSPS) is 25.6. The van der Waals surface area contributed by atoms with E-state index in [2.05, 4.69) is 49.9 Å². The van der Waals surface area contributed by atoms with E-state index < -0.39 is 0 Å². The highest BCUT2D eigenvalue weighted by atomic mass is 15.1. The van der Waals surface area contributed by atoms with Crippen LogP contribution in [0.2, 0.25) is 0 Å². The highest BCUT2D eigenvalue weighted by molar-refractivity contribution is 5.28. The zero-order chi connectivity index (χ0) is 13.1. The molecule has 1 fully saturated rings. The third kappa shape index (κ3) is 3.12. The minimum absolute atomic E-state index is 0.327. The van der Waals surface area contributed by atoms with Gasteiger partial charge in [-0.05, 0) is 35.9 Å². The number of likely N-dealkylation sites (N-methyl/N-ethyl adjacent to an activating group) is 1. The van der Waals surface area contributed by atoms with Gasteiger partial charge in [0, 0.05) is 19.1 Å². The van der Waals surface area contributed by atoms with E-state index in [9.17, 15) is 0 Å². The second-order valence-electron chi connectivity index (χ2n) is 5.87. The number of likely N-dealkylation sites (tertiary alicyclic amines) is 1. The molecule has 0 amide bonds. The third-order valence-electron chi connectivity index (χ3n) is 4.08. The zero-order valence-electron chi connectivity index (χ0n) is 11.9. The largest absolute Gasteiger partial charge is 0.327 e. The fraction of sp³-hybridized carbons (Fsp3) is 0.625. The van der Waals surface area contributed by atoms with Crippen molar-refractivity contribution in [2.75, 3.05) is 19.6 Å². The highest BCUT2D eigenvalue weighted by Gasteiger charge is 2.25. The van der Waals surface area contributed by atoms with Crippen LogP contribution in [-0.4, -0.2) is 30.6 Å². The standard InChI is InChI=1S/C16H26N2/c1-4-18-10-15(9-16(17)11-18)14-7-5-13(6-8-14)12(2)3/h5-8,12,15-16H,4,9-11,17H2,1-3H3. The predicted molar refractivity (Wildman–Crippen MR) is 78.0 cm³/mol. The lowest BCUT2D eigenvalue weighted by Crippen LogP contribution is -2.45. The molecule has 1 aliphatic rings. The van der Waals surface area contributed by atoms with Gasteiger partial charge in [-0.1, -0.05) is 45.0 Å². The average Bonchev–Trinajstić information content (AvgIpc) is 2.38. The molecule has 2 N–H and O–H groups in total. The first-order valence-corrected chi connectivity index (χ1v) is 7.18. The maximum Gasteiger partial charge on any atom is 0.0174 e. The molecule has 0 radical (unpaired) electrons. The summed E-state index contributed by atoms with van der Waals surface area (Å²) in [7, 11) is 0. The fourth-order valence-electron chi connectivity index (χ4n) is 2.89. The van der Waals surface area contributed by atoms with Gasteiger partial charge in [-0.2, -0.15) is 0 Å². The molecule has 0 saturated carbocycles. The van der Waals surface area contributed by atoms with Crippen molar-refractivity contribution in [3.05, 3.63) is 35.4 Å². The van der Waals surface area contributed by atoms with Crippen LogP contribution in [0.3, 0.4) is 0 Å². The van der Waals surface area contributed by atoms with Crippen LogP contribution in [0, 0.1) is 0 Å². The van der Waals surface area contributed by atoms with Gasteiger partial charge in [-0.15, -0.1) is 0 Å². The summed E-state index contributed by atoms with van der Waals surface area (Å²) in [6, 6.07) is 9.47. The van der Waals surface area contributed by atoms with E-state index in [1.165, 1.54) is 11.1 Å². The second kappa shape index (κ2) is 5.85. The Labute approximate surface area is 111 Å². The number of benzene rings is 1. The molecule has 2 nitrogen and oxygen atoms in total. The minimum Gasteiger partial charge on any atom is -0.327 e. The first-order chi connectivity index (χ1) is 8.60. The van der Waals surface area contributed by atoms with Crippen LogP contribution in [0.4, 0.5) is 0 Å². The lowest BCUT2D eigenvalue weighted by atomic mass is 9.87. The van der Waals surface area contributed by atoms with Gasteiger partial charge in [0.15, 0.2) is 0 Å². The van der Waals surface area contributed by atoms with Crippen LogP contribution in [0.5, 0.6) is 0 Å². The number of nitrogens with two attached hydrogens (primary N) is 1. The maximum atomic E-state index is 6.16. The van der Waals surface area contributed by atoms with Gasteiger partial charge >= 0.3 is 0 Å². The van der Waals surface area contributed by atoms with E-state index in [0.717, 1.165) is 26.1 Å². The molecule has 2 unspecified atom stereocenters. The molecule has 2 rings (SSSR count). The molecule has 0 spiro atoms. The van der Waals surface area contributed by atoms with E-state index in [0.29, 0.717) is 17.9 Å².